The van der Waals surface area contributed by atoms with Crippen LogP contribution in [-0.4, -0.2) is 26.0 Å². The molecule has 1 aliphatic rings. The van der Waals surface area contributed by atoms with Gasteiger partial charge in [0.25, 0.3) is 10.0 Å². The zero-order chi connectivity index (χ0) is 16.4. The molecule has 2 aromatic rings. The number of thiazole rings is 1. The number of anilines is 1. The van der Waals surface area contributed by atoms with Crippen LogP contribution in [0.1, 0.15) is 23.9 Å². The summed E-state index contributed by atoms with van der Waals surface area (Å²) in [6.07, 6.45) is 1.91. The third-order valence-electron chi connectivity index (χ3n) is 3.54. The predicted octanol–water partition coefficient (Wildman–Crippen LogP) is 2.67. The van der Waals surface area contributed by atoms with Crippen molar-refractivity contribution in [2.75, 3.05) is 11.3 Å². The van der Waals surface area contributed by atoms with Gasteiger partial charge in [-0.15, -0.1) is 22.7 Å². The number of ether oxygens (including phenoxy) is 1. The SMILES string of the molecule is CCOC(=O)C1CCc2nc(NS(=O)(=O)c3cccs3)sc2C1. The van der Waals surface area contributed by atoms with Crippen LogP contribution in [0.3, 0.4) is 0 Å². The van der Waals surface area contributed by atoms with E-state index < -0.39 is 10.0 Å². The van der Waals surface area contributed by atoms with E-state index in [0.29, 0.717) is 31.0 Å². The lowest BCUT2D eigenvalue weighted by atomic mass is 9.91. The molecule has 1 aliphatic carbocycles. The van der Waals surface area contributed by atoms with Crippen LogP contribution in [0.25, 0.3) is 0 Å². The maximum absolute atomic E-state index is 12.2. The Hall–Kier alpha value is -1.45. The number of hydrogen-bond donors (Lipinski definition) is 1. The number of carbonyl (C=O) groups excluding carboxylic acids is 1. The molecule has 1 atom stereocenters. The Labute approximate surface area is 142 Å². The Bertz CT molecular complexity index is 796. The van der Waals surface area contributed by atoms with Crippen molar-refractivity contribution in [2.24, 2.45) is 5.92 Å². The largest absolute Gasteiger partial charge is 0.466 e. The van der Waals surface area contributed by atoms with E-state index in [9.17, 15) is 13.2 Å². The van der Waals surface area contributed by atoms with Crippen LogP contribution in [-0.2, 0) is 32.4 Å². The zero-order valence-corrected chi connectivity index (χ0v) is 14.9. The average molecular weight is 372 g/mol. The molecule has 23 heavy (non-hydrogen) atoms. The first-order valence-corrected chi connectivity index (χ1v) is 10.4. The molecular formula is C14H16N2O4S3. The summed E-state index contributed by atoms with van der Waals surface area (Å²) < 4.78 is 32.3. The average Bonchev–Trinajstić information content (AvgIpc) is 3.15. The van der Waals surface area contributed by atoms with Gasteiger partial charge in [0.1, 0.15) is 4.21 Å². The minimum Gasteiger partial charge on any atom is -0.466 e. The lowest BCUT2D eigenvalue weighted by Gasteiger charge is -2.18. The summed E-state index contributed by atoms with van der Waals surface area (Å²) in [5.41, 5.74) is 0.874. The fourth-order valence-electron chi connectivity index (χ4n) is 2.46. The van der Waals surface area contributed by atoms with E-state index in [0.717, 1.165) is 21.9 Å². The predicted molar refractivity (Wildman–Crippen MR) is 89.4 cm³/mol. The Morgan fingerprint density at radius 1 is 1.52 bits per heavy atom. The van der Waals surface area contributed by atoms with Crippen molar-refractivity contribution in [3.05, 3.63) is 28.1 Å². The van der Waals surface area contributed by atoms with E-state index in [1.54, 1.807) is 24.4 Å². The van der Waals surface area contributed by atoms with E-state index in [1.807, 2.05) is 0 Å². The molecule has 9 heteroatoms. The Morgan fingerprint density at radius 3 is 3.04 bits per heavy atom. The molecule has 0 bridgehead atoms. The van der Waals surface area contributed by atoms with Crippen LogP contribution in [0, 0.1) is 5.92 Å². The number of rotatable bonds is 5. The molecule has 0 amide bonds. The molecular weight excluding hydrogens is 356 g/mol. The number of sulfonamides is 1. The van der Waals surface area contributed by atoms with Gasteiger partial charge in [0.2, 0.25) is 0 Å². The molecule has 0 aromatic carbocycles. The van der Waals surface area contributed by atoms with Gasteiger partial charge in [0, 0.05) is 4.88 Å². The summed E-state index contributed by atoms with van der Waals surface area (Å²) in [6.45, 7) is 2.16. The number of nitrogens with zero attached hydrogens (tertiary/aromatic N) is 1. The van der Waals surface area contributed by atoms with E-state index in [1.165, 1.54) is 11.3 Å². The normalized spacial score (nSPS) is 17.5. The van der Waals surface area contributed by atoms with Crippen LogP contribution in [0.2, 0.25) is 0 Å². The summed E-state index contributed by atoms with van der Waals surface area (Å²) in [5, 5.41) is 2.07. The second kappa shape index (κ2) is 6.58. The maximum atomic E-state index is 12.2. The number of nitrogens with one attached hydrogen (secondary N) is 1. The first kappa shape index (κ1) is 16.4. The van der Waals surface area contributed by atoms with Crippen molar-refractivity contribution in [1.29, 1.82) is 0 Å². The van der Waals surface area contributed by atoms with E-state index >= 15 is 0 Å². The van der Waals surface area contributed by atoms with Gasteiger partial charge in [-0.1, -0.05) is 6.07 Å². The lowest BCUT2D eigenvalue weighted by molar-refractivity contribution is -0.148. The van der Waals surface area contributed by atoms with Crippen LogP contribution in [0.4, 0.5) is 5.13 Å². The van der Waals surface area contributed by atoms with E-state index in [4.69, 9.17) is 4.74 Å². The number of carbonyl (C=O) groups is 1. The van der Waals surface area contributed by atoms with Gasteiger partial charge in [0.05, 0.1) is 18.2 Å². The smallest absolute Gasteiger partial charge is 0.309 e. The Kier molecular flexibility index (Phi) is 4.69. The van der Waals surface area contributed by atoms with E-state index in [2.05, 4.69) is 9.71 Å². The summed E-state index contributed by atoms with van der Waals surface area (Å²) >= 11 is 2.45. The summed E-state index contributed by atoms with van der Waals surface area (Å²) in [6, 6.07) is 3.24. The standard InChI is InChI=1S/C14H16N2O4S3/c1-2-20-13(17)9-5-6-10-11(8-9)22-14(15-10)16-23(18,19)12-4-3-7-21-12/h3-4,7,9H,2,5-6,8H2,1H3,(H,15,16). The number of esters is 1. The highest BCUT2D eigenvalue weighted by Gasteiger charge is 2.29. The van der Waals surface area contributed by atoms with Crippen LogP contribution >= 0.6 is 22.7 Å². The number of thiophene rings is 1. The van der Waals surface area contributed by atoms with Gasteiger partial charge in [-0.2, -0.15) is 0 Å². The molecule has 124 valence electrons. The van der Waals surface area contributed by atoms with Gasteiger partial charge < -0.3 is 4.74 Å². The van der Waals surface area contributed by atoms with Gasteiger partial charge in [-0.3, -0.25) is 9.52 Å². The molecule has 2 heterocycles. The van der Waals surface area contributed by atoms with Crippen molar-refractivity contribution in [2.45, 2.75) is 30.4 Å². The highest BCUT2D eigenvalue weighted by atomic mass is 32.2. The highest BCUT2D eigenvalue weighted by Crippen LogP contribution is 2.34. The van der Waals surface area contributed by atoms with Crippen LogP contribution in [0.15, 0.2) is 21.7 Å². The van der Waals surface area contributed by atoms with Gasteiger partial charge in [0.15, 0.2) is 5.13 Å². The monoisotopic (exact) mass is 372 g/mol. The van der Waals surface area contributed by atoms with Gasteiger partial charge in [-0.25, -0.2) is 13.4 Å². The van der Waals surface area contributed by atoms with E-state index in [-0.39, 0.29) is 16.1 Å². The third kappa shape index (κ3) is 3.56. The second-order valence-corrected chi connectivity index (χ2v) is 9.06. The molecule has 1 N–H and O–H groups in total. The van der Waals surface area contributed by atoms with Crippen LogP contribution in [0.5, 0.6) is 0 Å². The van der Waals surface area contributed by atoms with Crippen molar-refractivity contribution in [3.63, 3.8) is 0 Å². The second-order valence-electron chi connectivity index (χ2n) is 5.12. The molecule has 0 spiro atoms. The molecule has 6 nitrogen and oxygen atoms in total. The third-order valence-corrected chi connectivity index (χ3v) is 7.44. The topological polar surface area (TPSA) is 85.4 Å². The molecule has 0 saturated carbocycles. The fraction of sp³-hybridized carbons (Fsp3) is 0.429. The van der Waals surface area contributed by atoms with Gasteiger partial charge >= 0.3 is 5.97 Å². The quantitative estimate of drug-likeness (QED) is 0.816. The van der Waals surface area contributed by atoms with Crippen molar-refractivity contribution < 1.29 is 17.9 Å². The van der Waals surface area contributed by atoms with Crippen LogP contribution < -0.4 is 4.72 Å². The maximum Gasteiger partial charge on any atom is 0.309 e. The molecule has 0 aliphatic heterocycles. The molecule has 0 fully saturated rings. The summed E-state index contributed by atoms with van der Waals surface area (Å²) in [4.78, 5) is 17.2. The zero-order valence-electron chi connectivity index (χ0n) is 12.4. The Morgan fingerprint density at radius 2 is 2.35 bits per heavy atom. The first-order valence-electron chi connectivity index (χ1n) is 7.21. The number of aryl methyl sites for hydroxylation is 1. The molecule has 0 radical (unpaired) electrons. The number of fused-ring (bicyclic) bond motifs is 1. The Balaban J connectivity index is 1.75. The van der Waals surface area contributed by atoms with Crippen molar-refractivity contribution >= 4 is 43.8 Å². The molecule has 0 saturated heterocycles. The summed E-state index contributed by atoms with van der Waals surface area (Å²) in [7, 11) is -3.58. The van der Waals surface area contributed by atoms with Crippen molar-refractivity contribution in [1.82, 2.24) is 4.98 Å². The van der Waals surface area contributed by atoms with Gasteiger partial charge in [-0.05, 0) is 37.6 Å². The number of aromatic nitrogens is 1. The first-order chi connectivity index (χ1) is 11.0. The number of hydrogen-bond acceptors (Lipinski definition) is 7. The fourth-order valence-corrected chi connectivity index (χ4v) is 5.78. The summed E-state index contributed by atoms with van der Waals surface area (Å²) in [5.74, 6) is -0.350. The minimum absolute atomic E-state index is 0.162. The lowest BCUT2D eigenvalue weighted by Crippen LogP contribution is -2.24. The van der Waals surface area contributed by atoms with Crippen molar-refractivity contribution in [3.8, 4) is 0 Å². The molecule has 2 aromatic heterocycles. The highest BCUT2D eigenvalue weighted by molar-refractivity contribution is 7.94. The molecule has 1 unspecified atom stereocenters. The molecule has 3 rings (SSSR count). The minimum atomic E-state index is -3.58.